The average Bonchev–Trinajstić information content (AvgIpc) is 2.99. The van der Waals surface area contributed by atoms with E-state index in [4.69, 9.17) is 19.4 Å². The molecule has 0 aromatic heterocycles. The number of carbonyl (C=O) groups excluding carboxylic acids is 3. The number of benzene rings is 1. The summed E-state index contributed by atoms with van der Waals surface area (Å²) < 4.78 is 15.9. The first-order chi connectivity index (χ1) is 13.9. The minimum atomic E-state index is -0.498. The predicted octanol–water partition coefficient (Wildman–Crippen LogP) is 1.67. The van der Waals surface area contributed by atoms with Crippen LogP contribution in [0.3, 0.4) is 0 Å². The highest BCUT2D eigenvalue weighted by Crippen LogP contribution is 2.38. The predicted molar refractivity (Wildman–Crippen MR) is 103 cm³/mol. The average molecular weight is 407 g/mol. The molecule has 2 rings (SSSR count). The molecule has 1 aromatic carbocycles. The first kappa shape index (κ1) is 22.0. The van der Waals surface area contributed by atoms with Crippen LogP contribution in [-0.4, -0.2) is 55.8 Å². The fraction of sp³-hybridized carbons (Fsp3) is 0.421. The van der Waals surface area contributed by atoms with Gasteiger partial charge >= 0.3 is 6.03 Å². The van der Waals surface area contributed by atoms with Crippen molar-refractivity contribution in [3.63, 3.8) is 0 Å². The summed E-state index contributed by atoms with van der Waals surface area (Å²) in [5.41, 5.74) is 2.30. The lowest BCUT2D eigenvalue weighted by Crippen LogP contribution is -2.31. The van der Waals surface area contributed by atoms with Gasteiger partial charge in [-0.15, -0.1) is 0 Å². The molecule has 4 amide bonds. The van der Waals surface area contributed by atoms with Crippen molar-refractivity contribution in [3.05, 3.63) is 23.4 Å². The standard InChI is InChI=1S/C19H25N3O7/c1-27-14-10-12(11-15(28-2)17(14)29-3)9-13-18(24)22(19(25)20-13)8-6-4-5-7-16(23)21-26/h9-11,26H,4-8H2,1-3H3,(H,20,25)(H,21,23)/b13-9-. The Kier molecular flexibility index (Phi) is 7.84. The molecular formula is C19H25N3O7. The van der Waals surface area contributed by atoms with E-state index in [-0.39, 0.29) is 18.7 Å². The number of hydrogen-bond acceptors (Lipinski definition) is 7. The summed E-state index contributed by atoms with van der Waals surface area (Å²) in [6, 6.07) is 2.84. The molecule has 0 atom stereocenters. The van der Waals surface area contributed by atoms with Gasteiger partial charge < -0.3 is 19.5 Å². The Morgan fingerprint density at radius 3 is 2.31 bits per heavy atom. The highest BCUT2D eigenvalue weighted by atomic mass is 16.5. The molecule has 0 unspecified atom stereocenters. The molecule has 1 fully saturated rings. The van der Waals surface area contributed by atoms with Gasteiger partial charge in [-0.2, -0.15) is 0 Å². The zero-order chi connectivity index (χ0) is 21.4. The maximum Gasteiger partial charge on any atom is 0.329 e. The van der Waals surface area contributed by atoms with E-state index in [1.165, 1.54) is 27.4 Å². The summed E-state index contributed by atoms with van der Waals surface area (Å²) in [5, 5.41) is 11.0. The number of unbranched alkanes of at least 4 members (excludes halogenated alkanes) is 2. The molecule has 1 aliphatic heterocycles. The van der Waals surface area contributed by atoms with Crippen molar-refractivity contribution < 1.29 is 33.8 Å². The van der Waals surface area contributed by atoms with Crippen molar-refractivity contribution in [1.29, 1.82) is 0 Å². The van der Waals surface area contributed by atoms with Crippen molar-refractivity contribution >= 4 is 23.9 Å². The van der Waals surface area contributed by atoms with E-state index >= 15 is 0 Å². The van der Waals surface area contributed by atoms with Gasteiger partial charge in [-0.05, 0) is 36.6 Å². The van der Waals surface area contributed by atoms with Crippen LogP contribution < -0.4 is 25.0 Å². The fourth-order valence-corrected chi connectivity index (χ4v) is 2.91. The van der Waals surface area contributed by atoms with Crippen molar-refractivity contribution in [3.8, 4) is 17.2 Å². The molecule has 0 spiro atoms. The molecule has 158 valence electrons. The van der Waals surface area contributed by atoms with Gasteiger partial charge in [-0.3, -0.25) is 19.7 Å². The van der Waals surface area contributed by atoms with E-state index in [1.54, 1.807) is 17.6 Å². The SMILES string of the molecule is COc1cc(/C=C2\NC(=O)N(CCCCCC(=O)NO)C2=O)cc(OC)c1OC. The number of nitrogens with one attached hydrogen (secondary N) is 2. The lowest BCUT2D eigenvalue weighted by molar-refractivity contribution is -0.129. The molecule has 1 saturated heterocycles. The van der Waals surface area contributed by atoms with Gasteiger partial charge in [0.1, 0.15) is 5.70 Å². The normalized spacial score (nSPS) is 14.8. The van der Waals surface area contributed by atoms with Crippen molar-refractivity contribution in [2.75, 3.05) is 27.9 Å². The van der Waals surface area contributed by atoms with Gasteiger partial charge in [0.25, 0.3) is 5.91 Å². The van der Waals surface area contributed by atoms with Crippen LogP contribution in [0.5, 0.6) is 17.2 Å². The fourth-order valence-electron chi connectivity index (χ4n) is 2.91. The molecule has 29 heavy (non-hydrogen) atoms. The number of rotatable bonds is 10. The molecule has 10 nitrogen and oxygen atoms in total. The number of methoxy groups -OCH3 is 3. The van der Waals surface area contributed by atoms with Crippen LogP contribution in [0.4, 0.5) is 4.79 Å². The third kappa shape index (κ3) is 5.38. The smallest absolute Gasteiger partial charge is 0.329 e. The van der Waals surface area contributed by atoms with Crippen molar-refractivity contribution in [1.82, 2.24) is 15.7 Å². The second-order valence-electron chi connectivity index (χ2n) is 6.25. The largest absolute Gasteiger partial charge is 0.493 e. The van der Waals surface area contributed by atoms with Crippen LogP contribution in [-0.2, 0) is 9.59 Å². The van der Waals surface area contributed by atoms with E-state index in [1.807, 2.05) is 0 Å². The Hall–Kier alpha value is -3.27. The van der Waals surface area contributed by atoms with Crippen molar-refractivity contribution in [2.45, 2.75) is 25.7 Å². The summed E-state index contributed by atoms with van der Waals surface area (Å²) >= 11 is 0. The molecule has 1 aromatic rings. The number of carbonyl (C=O) groups is 3. The van der Waals surface area contributed by atoms with Crippen LogP contribution in [0.15, 0.2) is 17.8 Å². The zero-order valence-electron chi connectivity index (χ0n) is 16.6. The van der Waals surface area contributed by atoms with Gasteiger partial charge in [0.15, 0.2) is 11.5 Å². The molecule has 0 radical (unpaired) electrons. The summed E-state index contributed by atoms with van der Waals surface area (Å²) in [7, 11) is 4.47. The maximum absolute atomic E-state index is 12.6. The molecule has 1 aliphatic rings. The van der Waals surface area contributed by atoms with E-state index in [0.717, 1.165) is 4.90 Å². The quantitative estimate of drug-likeness (QED) is 0.177. The maximum atomic E-state index is 12.6. The highest BCUT2D eigenvalue weighted by molar-refractivity contribution is 6.14. The number of urea groups is 1. The first-order valence-electron chi connectivity index (χ1n) is 9.02. The Balaban J connectivity index is 2.07. The van der Waals surface area contributed by atoms with E-state index in [2.05, 4.69) is 5.32 Å². The third-order valence-electron chi connectivity index (χ3n) is 4.37. The minimum absolute atomic E-state index is 0.143. The summed E-state index contributed by atoms with van der Waals surface area (Å²) in [4.78, 5) is 36.8. The zero-order valence-corrected chi connectivity index (χ0v) is 16.6. The number of amides is 4. The van der Waals surface area contributed by atoms with E-state index < -0.39 is 17.8 Å². The van der Waals surface area contributed by atoms with E-state index in [9.17, 15) is 14.4 Å². The molecule has 1 heterocycles. The lowest BCUT2D eigenvalue weighted by atomic mass is 10.1. The number of hydrogen-bond donors (Lipinski definition) is 3. The second-order valence-corrected chi connectivity index (χ2v) is 6.25. The highest BCUT2D eigenvalue weighted by Gasteiger charge is 2.33. The Labute approximate surface area is 168 Å². The lowest BCUT2D eigenvalue weighted by Gasteiger charge is -2.13. The summed E-state index contributed by atoms with van der Waals surface area (Å²) in [6.07, 6.45) is 3.45. The summed E-state index contributed by atoms with van der Waals surface area (Å²) in [6.45, 7) is 0.234. The van der Waals surface area contributed by atoms with Gasteiger partial charge in [0.05, 0.1) is 21.3 Å². The van der Waals surface area contributed by atoms with Gasteiger partial charge in [-0.1, -0.05) is 6.42 Å². The van der Waals surface area contributed by atoms with Gasteiger partial charge in [-0.25, -0.2) is 10.3 Å². The number of nitrogens with zero attached hydrogens (tertiary/aromatic N) is 1. The van der Waals surface area contributed by atoms with Crippen LogP contribution in [0, 0.1) is 0 Å². The first-order valence-corrected chi connectivity index (χ1v) is 9.02. The Bertz CT molecular complexity index is 782. The Morgan fingerprint density at radius 1 is 1.10 bits per heavy atom. The monoisotopic (exact) mass is 407 g/mol. The molecule has 0 aliphatic carbocycles. The molecular weight excluding hydrogens is 382 g/mol. The van der Waals surface area contributed by atoms with Crippen LogP contribution in [0.2, 0.25) is 0 Å². The molecule has 0 bridgehead atoms. The van der Waals surface area contributed by atoms with E-state index in [0.29, 0.717) is 42.1 Å². The molecule has 10 heteroatoms. The number of ether oxygens (including phenoxy) is 3. The Morgan fingerprint density at radius 2 is 1.76 bits per heavy atom. The van der Waals surface area contributed by atoms with Crippen LogP contribution >= 0.6 is 0 Å². The van der Waals surface area contributed by atoms with Gasteiger partial charge in [0.2, 0.25) is 11.7 Å². The molecule has 3 N–H and O–H groups in total. The van der Waals surface area contributed by atoms with Crippen LogP contribution in [0.25, 0.3) is 6.08 Å². The number of imide groups is 1. The summed E-state index contributed by atoms with van der Waals surface area (Å²) in [5.74, 6) is 0.390. The topological polar surface area (TPSA) is 126 Å². The van der Waals surface area contributed by atoms with Crippen LogP contribution in [0.1, 0.15) is 31.2 Å². The number of hydroxylamine groups is 1. The van der Waals surface area contributed by atoms with Crippen molar-refractivity contribution in [2.24, 2.45) is 0 Å². The minimum Gasteiger partial charge on any atom is -0.493 e. The third-order valence-corrected chi connectivity index (χ3v) is 4.37. The van der Waals surface area contributed by atoms with Gasteiger partial charge in [0, 0.05) is 13.0 Å². The second kappa shape index (κ2) is 10.3. The molecule has 0 saturated carbocycles.